The minimum atomic E-state index is 0.683. The molecule has 1 aromatic heterocycles. The highest BCUT2D eigenvalue weighted by atomic mass is 32.2. The molecule has 1 N–H and O–H groups in total. The lowest BCUT2D eigenvalue weighted by Crippen LogP contribution is -2.32. The maximum Gasteiger partial charge on any atom is 0.0443 e. The molecular weight excluding hydrogens is 242 g/mol. The molecule has 1 aromatic rings. The van der Waals surface area contributed by atoms with Crippen LogP contribution in [0.4, 0.5) is 5.69 Å². The smallest absolute Gasteiger partial charge is 0.0443 e. The van der Waals surface area contributed by atoms with E-state index in [1.54, 1.807) is 0 Å². The van der Waals surface area contributed by atoms with Crippen LogP contribution in [0.2, 0.25) is 0 Å². The summed E-state index contributed by atoms with van der Waals surface area (Å²) in [6, 6.07) is 2.83. The SMILES string of the molecule is CCCNCc1cnccc1N(C)C1CCSC1. The zero-order valence-electron chi connectivity index (χ0n) is 11.4. The Balaban J connectivity index is 2.05. The number of hydrogen-bond donors (Lipinski definition) is 1. The zero-order valence-corrected chi connectivity index (χ0v) is 12.2. The normalized spacial score (nSPS) is 19.1. The van der Waals surface area contributed by atoms with E-state index in [-0.39, 0.29) is 0 Å². The van der Waals surface area contributed by atoms with Crippen molar-refractivity contribution in [2.75, 3.05) is 30.0 Å². The monoisotopic (exact) mass is 265 g/mol. The van der Waals surface area contributed by atoms with Crippen LogP contribution in [0.3, 0.4) is 0 Å². The molecule has 4 heteroatoms. The molecule has 2 heterocycles. The first kappa shape index (κ1) is 13.7. The van der Waals surface area contributed by atoms with Crippen LogP contribution in [0.5, 0.6) is 0 Å². The van der Waals surface area contributed by atoms with Crippen LogP contribution >= 0.6 is 11.8 Å². The second-order valence-electron chi connectivity index (χ2n) is 4.81. The quantitative estimate of drug-likeness (QED) is 0.800. The summed E-state index contributed by atoms with van der Waals surface area (Å²) in [5.74, 6) is 2.55. The van der Waals surface area contributed by atoms with Gasteiger partial charge >= 0.3 is 0 Å². The first-order valence-corrected chi connectivity index (χ1v) is 7.92. The van der Waals surface area contributed by atoms with Gasteiger partial charge in [-0.15, -0.1) is 0 Å². The number of aromatic nitrogens is 1. The number of anilines is 1. The fourth-order valence-corrected chi connectivity index (χ4v) is 3.59. The Morgan fingerprint density at radius 2 is 2.44 bits per heavy atom. The van der Waals surface area contributed by atoms with E-state index < -0.39 is 0 Å². The molecule has 1 unspecified atom stereocenters. The largest absolute Gasteiger partial charge is 0.370 e. The second-order valence-corrected chi connectivity index (χ2v) is 5.96. The summed E-state index contributed by atoms with van der Waals surface area (Å²) in [6.07, 6.45) is 6.36. The third-order valence-corrected chi connectivity index (χ3v) is 4.60. The lowest BCUT2D eigenvalue weighted by molar-refractivity contribution is 0.660. The highest BCUT2D eigenvalue weighted by Gasteiger charge is 2.21. The fourth-order valence-electron chi connectivity index (χ4n) is 2.32. The Labute approximate surface area is 114 Å². The van der Waals surface area contributed by atoms with Crippen LogP contribution in [-0.2, 0) is 6.54 Å². The highest BCUT2D eigenvalue weighted by molar-refractivity contribution is 7.99. The first-order chi connectivity index (χ1) is 8.83. The van der Waals surface area contributed by atoms with Crippen LogP contribution in [0.1, 0.15) is 25.3 Å². The third kappa shape index (κ3) is 3.39. The van der Waals surface area contributed by atoms with Gasteiger partial charge < -0.3 is 10.2 Å². The van der Waals surface area contributed by atoms with E-state index in [1.165, 1.54) is 35.6 Å². The van der Waals surface area contributed by atoms with E-state index in [0.717, 1.165) is 13.1 Å². The van der Waals surface area contributed by atoms with Gasteiger partial charge in [-0.1, -0.05) is 6.92 Å². The van der Waals surface area contributed by atoms with Crippen molar-refractivity contribution < 1.29 is 0 Å². The maximum absolute atomic E-state index is 4.26. The fraction of sp³-hybridized carbons (Fsp3) is 0.643. The first-order valence-electron chi connectivity index (χ1n) is 6.77. The van der Waals surface area contributed by atoms with Gasteiger partial charge in [-0.2, -0.15) is 11.8 Å². The molecule has 0 spiro atoms. The van der Waals surface area contributed by atoms with Gasteiger partial charge in [-0.05, 0) is 31.2 Å². The molecule has 1 saturated heterocycles. The van der Waals surface area contributed by atoms with E-state index >= 15 is 0 Å². The van der Waals surface area contributed by atoms with Crippen molar-refractivity contribution in [1.82, 2.24) is 10.3 Å². The van der Waals surface area contributed by atoms with Crippen molar-refractivity contribution in [2.45, 2.75) is 32.4 Å². The Morgan fingerprint density at radius 3 is 3.17 bits per heavy atom. The molecule has 0 bridgehead atoms. The lowest BCUT2D eigenvalue weighted by atomic mass is 10.1. The summed E-state index contributed by atoms with van der Waals surface area (Å²) in [5.41, 5.74) is 2.64. The predicted octanol–water partition coefficient (Wildman–Crippen LogP) is 2.52. The number of nitrogens with zero attached hydrogens (tertiary/aromatic N) is 2. The van der Waals surface area contributed by atoms with Crippen molar-refractivity contribution in [2.24, 2.45) is 0 Å². The number of hydrogen-bond acceptors (Lipinski definition) is 4. The van der Waals surface area contributed by atoms with E-state index in [1.807, 2.05) is 12.4 Å². The summed E-state index contributed by atoms with van der Waals surface area (Å²) in [4.78, 5) is 6.70. The predicted molar refractivity (Wildman–Crippen MR) is 80.4 cm³/mol. The molecule has 1 aliphatic rings. The van der Waals surface area contributed by atoms with Crippen molar-refractivity contribution in [3.8, 4) is 0 Å². The molecule has 18 heavy (non-hydrogen) atoms. The van der Waals surface area contributed by atoms with E-state index in [9.17, 15) is 0 Å². The average molecular weight is 265 g/mol. The lowest BCUT2D eigenvalue weighted by Gasteiger charge is -2.28. The minimum absolute atomic E-state index is 0.683. The van der Waals surface area contributed by atoms with Gasteiger partial charge in [0.15, 0.2) is 0 Å². The average Bonchev–Trinajstić information content (AvgIpc) is 2.93. The Bertz CT molecular complexity index is 364. The Hall–Kier alpha value is -0.740. The maximum atomic E-state index is 4.26. The zero-order chi connectivity index (χ0) is 12.8. The van der Waals surface area contributed by atoms with E-state index in [4.69, 9.17) is 0 Å². The van der Waals surface area contributed by atoms with Gasteiger partial charge in [0.2, 0.25) is 0 Å². The van der Waals surface area contributed by atoms with Gasteiger partial charge in [0.05, 0.1) is 0 Å². The molecule has 0 amide bonds. The highest BCUT2D eigenvalue weighted by Crippen LogP contribution is 2.27. The van der Waals surface area contributed by atoms with Crippen molar-refractivity contribution in [3.05, 3.63) is 24.0 Å². The summed E-state index contributed by atoms with van der Waals surface area (Å²) in [5, 5.41) is 3.47. The number of thioether (sulfide) groups is 1. The molecule has 0 aliphatic carbocycles. The van der Waals surface area contributed by atoms with Crippen molar-refractivity contribution in [1.29, 1.82) is 0 Å². The van der Waals surface area contributed by atoms with Crippen LogP contribution < -0.4 is 10.2 Å². The van der Waals surface area contributed by atoms with E-state index in [0.29, 0.717) is 6.04 Å². The molecule has 1 fully saturated rings. The Kier molecular flexibility index (Phi) is 5.32. The molecule has 1 aliphatic heterocycles. The second kappa shape index (κ2) is 7.00. The van der Waals surface area contributed by atoms with Crippen molar-refractivity contribution >= 4 is 17.4 Å². The van der Waals surface area contributed by atoms with Gasteiger partial charge in [-0.3, -0.25) is 4.98 Å². The van der Waals surface area contributed by atoms with Crippen LogP contribution in [0.15, 0.2) is 18.5 Å². The van der Waals surface area contributed by atoms with Crippen LogP contribution in [0, 0.1) is 0 Å². The number of pyridine rings is 1. The van der Waals surface area contributed by atoms with Crippen LogP contribution in [-0.4, -0.2) is 36.1 Å². The van der Waals surface area contributed by atoms with Gasteiger partial charge in [0, 0.05) is 49.0 Å². The van der Waals surface area contributed by atoms with Crippen LogP contribution in [0.25, 0.3) is 0 Å². The summed E-state index contributed by atoms with van der Waals surface area (Å²) >= 11 is 2.06. The molecule has 2 rings (SSSR count). The van der Waals surface area contributed by atoms with Gasteiger partial charge in [0.1, 0.15) is 0 Å². The van der Waals surface area contributed by atoms with Gasteiger partial charge in [0.25, 0.3) is 0 Å². The molecular formula is C14H23N3S. The van der Waals surface area contributed by atoms with E-state index in [2.05, 4.69) is 47.0 Å². The number of nitrogens with one attached hydrogen (secondary N) is 1. The van der Waals surface area contributed by atoms with Gasteiger partial charge in [-0.25, -0.2) is 0 Å². The minimum Gasteiger partial charge on any atom is -0.370 e. The standard InChI is InChI=1S/C14H23N3S/c1-3-6-15-9-12-10-16-7-4-14(12)17(2)13-5-8-18-11-13/h4,7,10,13,15H,3,5-6,8-9,11H2,1-2H3. The molecule has 1 atom stereocenters. The number of rotatable bonds is 6. The molecule has 3 nitrogen and oxygen atoms in total. The summed E-state index contributed by atoms with van der Waals surface area (Å²) < 4.78 is 0. The summed E-state index contributed by atoms with van der Waals surface area (Å²) in [6.45, 7) is 4.18. The molecule has 100 valence electrons. The third-order valence-electron chi connectivity index (χ3n) is 3.45. The Morgan fingerprint density at radius 1 is 1.56 bits per heavy atom. The molecule has 0 saturated carbocycles. The summed E-state index contributed by atoms with van der Waals surface area (Å²) in [7, 11) is 2.22. The van der Waals surface area contributed by atoms with Crippen molar-refractivity contribution in [3.63, 3.8) is 0 Å². The molecule has 0 radical (unpaired) electrons. The topological polar surface area (TPSA) is 28.2 Å². The molecule has 0 aromatic carbocycles.